The summed E-state index contributed by atoms with van der Waals surface area (Å²) in [5.41, 5.74) is 1.79. The van der Waals surface area contributed by atoms with Gasteiger partial charge in [0.1, 0.15) is 12.0 Å². The van der Waals surface area contributed by atoms with Gasteiger partial charge >= 0.3 is 0 Å². The minimum absolute atomic E-state index is 0. The molecule has 0 spiro atoms. The first kappa shape index (κ1) is 22.6. The van der Waals surface area contributed by atoms with Gasteiger partial charge < -0.3 is 20.0 Å². The second-order valence-electron chi connectivity index (χ2n) is 6.98. The van der Waals surface area contributed by atoms with Crippen molar-refractivity contribution in [3.63, 3.8) is 0 Å². The third kappa shape index (κ3) is 6.46. The first-order valence-electron chi connectivity index (χ1n) is 9.56. The van der Waals surface area contributed by atoms with Crippen molar-refractivity contribution in [2.75, 3.05) is 46.8 Å². The molecule has 1 aliphatic heterocycles. The van der Waals surface area contributed by atoms with Gasteiger partial charge in [0.2, 0.25) is 5.89 Å². The van der Waals surface area contributed by atoms with Gasteiger partial charge in [0, 0.05) is 44.3 Å². The normalized spacial score (nSPS) is 18.5. The van der Waals surface area contributed by atoms with E-state index in [2.05, 4.69) is 51.4 Å². The number of rotatable bonds is 6. The average Bonchev–Trinajstić information content (AvgIpc) is 3.16. The van der Waals surface area contributed by atoms with Gasteiger partial charge in [-0.05, 0) is 33.2 Å². The van der Waals surface area contributed by atoms with E-state index in [4.69, 9.17) is 4.42 Å². The number of aromatic nitrogens is 1. The molecule has 0 amide bonds. The first-order chi connectivity index (χ1) is 13.2. The van der Waals surface area contributed by atoms with Crippen LogP contribution >= 0.6 is 24.0 Å². The number of nitrogens with zero attached hydrogens (tertiary/aromatic N) is 4. The minimum atomic E-state index is 0. The van der Waals surface area contributed by atoms with Crippen LogP contribution in [0.4, 0.5) is 0 Å². The predicted molar refractivity (Wildman–Crippen MR) is 124 cm³/mol. The van der Waals surface area contributed by atoms with Gasteiger partial charge in [0.15, 0.2) is 5.96 Å². The third-order valence-electron chi connectivity index (χ3n) is 4.80. The number of oxazole rings is 1. The van der Waals surface area contributed by atoms with Gasteiger partial charge in [0.05, 0.1) is 6.54 Å². The highest BCUT2D eigenvalue weighted by atomic mass is 127. The van der Waals surface area contributed by atoms with Crippen LogP contribution in [0.3, 0.4) is 0 Å². The number of hydrogen-bond acceptors (Lipinski definition) is 5. The molecular formula is C20H31IN6O. The fourth-order valence-electron chi connectivity index (χ4n) is 3.13. The summed E-state index contributed by atoms with van der Waals surface area (Å²) in [6.45, 7) is 7.51. The molecule has 1 fully saturated rings. The van der Waals surface area contributed by atoms with Crippen LogP contribution < -0.4 is 10.6 Å². The second kappa shape index (κ2) is 11.4. The summed E-state index contributed by atoms with van der Waals surface area (Å²) < 4.78 is 5.59. The summed E-state index contributed by atoms with van der Waals surface area (Å²) in [4.78, 5) is 14.0. The van der Waals surface area contributed by atoms with E-state index >= 15 is 0 Å². The Balaban J connectivity index is 0.00000280. The first-order valence-corrected chi connectivity index (χ1v) is 9.56. The van der Waals surface area contributed by atoms with E-state index in [0.717, 1.165) is 49.9 Å². The van der Waals surface area contributed by atoms with Crippen LogP contribution in [0.5, 0.6) is 0 Å². The highest BCUT2D eigenvalue weighted by Crippen LogP contribution is 2.18. The third-order valence-corrected chi connectivity index (χ3v) is 4.80. The molecule has 1 unspecified atom stereocenters. The molecule has 8 heteroatoms. The Morgan fingerprint density at radius 3 is 2.75 bits per heavy atom. The SMILES string of the molecule is CCNC(=NCc1coc(-c2ccccc2)n1)NCC1CN(C)CCN1C.I. The monoisotopic (exact) mass is 498 g/mol. The van der Waals surface area contributed by atoms with Crippen LogP contribution in [-0.2, 0) is 6.54 Å². The lowest BCUT2D eigenvalue weighted by Gasteiger charge is -2.37. The average molecular weight is 498 g/mol. The molecule has 0 aliphatic carbocycles. The van der Waals surface area contributed by atoms with E-state index in [1.807, 2.05) is 30.3 Å². The summed E-state index contributed by atoms with van der Waals surface area (Å²) in [6, 6.07) is 10.4. The predicted octanol–water partition coefficient (Wildman–Crippen LogP) is 2.26. The number of aliphatic imine (C=N–C) groups is 1. The fourth-order valence-corrected chi connectivity index (χ4v) is 3.13. The summed E-state index contributed by atoms with van der Waals surface area (Å²) >= 11 is 0. The molecule has 3 rings (SSSR count). The summed E-state index contributed by atoms with van der Waals surface area (Å²) in [7, 11) is 4.36. The minimum Gasteiger partial charge on any atom is -0.444 e. The van der Waals surface area contributed by atoms with Crippen LogP contribution in [0, 0.1) is 0 Å². The van der Waals surface area contributed by atoms with Gasteiger partial charge in [-0.3, -0.25) is 4.90 Å². The lowest BCUT2D eigenvalue weighted by molar-refractivity contribution is 0.116. The number of guanidine groups is 1. The largest absolute Gasteiger partial charge is 0.444 e. The van der Waals surface area contributed by atoms with Gasteiger partial charge in [-0.1, -0.05) is 18.2 Å². The van der Waals surface area contributed by atoms with Crippen molar-refractivity contribution in [3.05, 3.63) is 42.3 Å². The maximum Gasteiger partial charge on any atom is 0.226 e. The molecule has 28 heavy (non-hydrogen) atoms. The zero-order valence-electron chi connectivity index (χ0n) is 16.9. The van der Waals surface area contributed by atoms with Crippen molar-refractivity contribution >= 4 is 29.9 Å². The Hall–Kier alpha value is -1.65. The van der Waals surface area contributed by atoms with Gasteiger partial charge in [0.25, 0.3) is 0 Å². The van der Waals surface area contributed by atoms with Crippen molar-refractivity contribution in [1.29, 1.82) is 0 Å². The van der Waals surface area contributed by atoms with E-state index in [0.29, 0.717) is 18.5 Å². The Kier molecular flexibility index (Phi) is 9.20. The van der Waals surface area contributed by atoms with Crippen LogP contribution in [0.1, 0.15) is 12.6 Å². The van der Waals surface area contributed by atoms with Crippen molar-refractivity contribution in [3.8, 4) is 11.5 Å². The molecule has 2 aromatic rings. The number of benzene rings is 1. The summed E-state index contributed by atoms with van der Waals surface area (Å²) in [5, 5.41) is 6.77. The second-order valence-corrected chi connectivity index (χ2v) is 6.98. The van der Waals surface area contributed by atoms with Gasteiger partial charge in [-0.25, -0.2) is 9.98 Å². The molecule has 0 radical (unpaired) electrons. The lowest BCUT2D eigenvalue weighted by atomic mass is 10.2. The molecule has 7 nitrogen and oxygen atoms in total. The molecular weight excluding hydrogens is 467 g/mol. The molecule has 0 bridgehead atoms. The van der Waals surface area contributed by atoms with Crippen LogP contribution in [0.15, 0.2) is 46.0 Å². The molecule has 1 atom stereocenters. The van der Waals surface area contributed by atoms with E-state index in [1.54, 1.807) is 6.26 Å². The number of halogens is 1. The van der Waals surface area contributed by atoms with Crippen molar-refractivity contribution < 1.29 is 4.42 Å². The zero-order chi connectivity index (χ0) is 19.1. The molecule has 1 aromatic carbocycles. The van der Waals surface area contributed by atoms with Crippen LogP contribution in [0.2, 0.25) is 0 Å². The molecule has 154 valence electrons. The highest BCUT2D eigenvalue weighted by Gasteiger charge is 2.22. The van der Waals surface area contributed by atoms with Gasteiger partial charge in [-0.15, -0.1) is 24.0 Å². The Morgan fingerprint density at radius 2 is 2.00 bits per heavy atom. The van der Waals surface area contributed by atoms with Gasteiger partial charge in [-0.2, -0.15) is 0 Å². The number of likely N-dealkylation sites (N-methyl/N-ethyl adjacent to an activating group) is 2. The van der Waals surface area contributed by atoms with Crippen LogP contribution in [0.25, 0.3) is 11.5 Å². The van der Waals surface area contributed by atoms with E-state index < -0.39 is 0 Å². The van der Waals surface area contributed by atoms with Crippen LogP contribution in [-0.4, -0.2) is 73.6 Å². The quantitative estimate of drug-likeness (QED) is 0.362. The molecule has 2 N–H and O–H groups in total. The van der Waals surface area contributed by atoms with E-state index in [1.165, 1.54) is 0 Å². The highest BCUT2D eigenvalue weighted by molar-refractivity contribution is 14.0. The van der Waals surface area contributed by atoms with E-state index in [-0.39, 0.29) is 24.0 Å². The lowest BCUT2D eigenvalue weighted by Crippen LogP contribution is -2.55. The maximum atomic E-state index is 5.59. The smallest absolute Gasteiger partial charge is 0.226 e. The molecule has 1 aliphatic rings. The molecule has 0 saturated carbocycles. The van der Waals surface area contributed by atoms with Crippen molar-refractivity contribution in [2.24, 2.45) is 4.99 Å². The van der Waals surface area contributed by atoms with E-state index in [9.17, 15) is 0 Å². The number of piperazine rings is 1. The Morgan fingerprint density at radius 1 is 1.21 bits per heavy atom. The summed E-state index contributed by atoms with van der Waals surface area (Å²) in [5.74, 6) is 1.44. The maximum absolute atomic E-state index is 5.59. The number of nitrogens with one attached hydrogen (secondary N) is 2. The summed E-state index contributed by atoms with van der Waals surface area (Å²) in [6.07, 6.45) is 1.68. The molecule has 1 aromatic heterocycles. The topological polar surface area (TPSA) is 68.9 Å². The standard InChI is InChI=1S/C20H30N6O.HI/c1-4-21-20(23-13-18-14-25(2)10-11-26(18)3)22-12-17-15-27-19(24-17)16-8-6-5-7-9-16;/h5-9,15,18H,4,10-14H2,1-3H3,(H2,21,22,23);1H. The molecule has 2 heterocycles. The Labute approximate surface area is 184 Å². The van der Waals surface area contributed by atoms with Crippen molar-refractivity contribution in [1.82, 2.24) is 25.4 Å². The number of hydrogen-bond donors (Lipinski definition) is 2. The fraction of sp³-hybridized carbons (Fsp3) is 0.500. The molecule has 1 saturated heterocycles. The van der Waals surface area contributed by atoms with Crippen molar-refractivity contribution in [2.45, 2.75) is 19.5 Å². The zero-order valence-corrected chi connectivity index (χ0v) is 19.2. The Bertz CT molecular complexity index is 735.